The standard InChI is InChI=1S/C15H27NO3/c17-11-14(5-2-1-3-6-14)16-13-4-8-19-15(10-13)7-9-18-12-15/h13,16-17H,1-12H2. The number of nitrogens with one attached hydrogen (secondary N) is 1. The van der Waals surface area contributed by atoms with Crippen LogP contribution in [0.25, 0.3) is 0 Å². The Kier molecular flexibility index (Phi) is 4.13. The maximum atomic E-state index is 9.81. The highest BCUT2D eigenvalue weighted by Gasteiger charge is 2.43. The second-order valence-corrected chi connectivity index (χ2v) is 6.67. The van der Waals surface area contributed by atoms with E-state index in [1.807, 2.05) is 0 Å². The summed E-state index contributed by atoms with van der Waals surface area (Å²) < 4.78 is 11.5. The minimum atomic E-state index is -0.0404. The largest absolute Gasteiger partial charge is 0.394 e. The lowest BCUT2D eigenvalue weighted by molar-refractivity contribution is -0.0944. The Balaban J connectivity index is 1.61. The molecule has 0 aromatic rings. The predicted octanol–water partition coefficient (Wildman–Crippen LogP) is 1.61. The van der Waals surface area contributed by atoms with Crippen LogP contribution in [0.15, 0.2) is 0 Å². The third kappa shape index (κ3) is 2.97. The molecule has 110 valence electrons. The van der Waals surface area contributed by atoms with Gasteiger partial charge in [-0.1, -0.05) is 19.3 Å². The molecule has 4 heteroatoms. The van der Waals surface area contributed by atoms with Gasteiger partial charge in [-0.3, -0.25) is 0 Å². The Morgan fingerprint density at radius 3 is 2.63 bits per heavy atom. The molecule has 2 saturated heterocycles. The van der Waals surface area contributed by atoms with Crippen molar-refractivity contribution >= 4 is 0 Å². The summed E-state index contributed by atoms with van der Waals surface area (Å²) in [5, 5.41) is 13.6. The van der Waals surface area contributed by atoms with Crippen molar-refractivity contribution in [1.82, 2.24) is 5.32 Å². The van der Waals surface area contributed by atoms with Gasteiger partial charge < -0.3 is 19.9 Å². The lowest BCUT2D eigenvalue weighted by Crippen LogP contribution is -2.58. The lowest BCUT2D eigenvalue weighted by atomic mass is 9.80. The van der Waals surface area contributed by atoms with Crippen LogP contribution in [0.3, 0.4) is 0 Å². The Morgan fingerprint density at radius 1 is 1.11 bits per heavy atom. The number of aliphatic hydroxyl groups excluding tert-OH is 1. The Bertz CT molecular complexity index is 296. The van der Waals surface area contributed by atoms with E-state index in [4.69, 9.17) is 9.47 Å². The topological polar surface area (TPSA) is 50.7 Å². The van der Waals surface area contributed by atoms with Gasteiger partial charge in [0.05, 0.1) is 18.8 Å². The quantitative estimate of drug-likeness (QED) is 0.817. The van der Waals surface area contributed by atoms with Gasteiger partial charge in [0.2, 0.25) is 0 Å². The molecule has 0 aromatic heterocycles. The molecule has 0 bridgehead atoms. The number of hydrogen-bond donors (Lipinski definition) is 2. The van der Waals surface area contributed by atoms with Gasteiger partial charge in [0.15, 0.2) is 0 Å². The molecule has 3 fully saturated rings. The van der Waals surface area contributed by atoms with Crippen molar-refractivity contribution in [3.05, 3.63) is 0 Å². The molecule has 0 amide bonds. The van der Waals surface area contributed by atoms with Crippen LogP contribution in [0.1, 0.15) is 51.4 Å². The molecule has 3 aliphatic rings. The van der Waals surface area contributed by atoms with Crippen molar-refractivity contribution in [2.75, 3.05) is 26.4 Å². The minimum absolute atomic E-state index is 0.0269. The van der Waals surface area contributed by atoms with Crippen molar-refractivity contribution in [2.24, 2.45) is 0 Å². The van der Waals surface area contributed by atoms with Crippen LogP contribution < -0.4 is 5.32 Å². The second-order valence-electron chi connectivity index (χ2n) is 6.67. The molecule has 2 unspecified atom stereocenters. The van der Waals surface area contributed by atoms with Crippen molar-refractivity contribution in [3.63, 3.8) is 0 Å². The molecule has 2 aliphatic heterocycles. The van der Waals surface area contributed by atoms with E-state index in [0.29, 0.717) is 6.04 Å². The van der Waals surface area contributed by atoms with Gasteiger partial charge in [-0.2, -0.15) is 0 Å². The zero-order valence-electron chi connectivity index (χ0n) is 11.8. The SMILES string of the molecule is OCC1(NC2CCOC3(CCOC3)C2)CCCCC1. The summed E-state index contributed by atoms with van der Waals surface area (Å²) in [6, 6.07) is 0.473. The van der Waals surface area contributed by atoms with E-state index in [2.05, 4.69) is 5.32 Å². The monoisotopic (exact) mass is 269 g/mol. The highest BCUT2D eigenvalue weighted by atomic mass is 16.6. The van der Waals surface area contributed by atoms with Crippen LogP contribution in [0.5, 0.6) is 0 Å². The molecule has 1 aliphatic carbocycles. The average Bonchev–Trinajstić information content (AvgIpc) is 2.88. The maximum Gasteiger partial charge on any atom is 0.0951 e. The fraction of sp³-hybridized carbons (Fsp3) is 1.00. The molecular formula is C15H27NO3. The molecule has 1 spiro atoms. The smallest absolute Gasteiger partial charge is 0.0951 e. The van der Waals surface area contributed by atoms with Crippen molar-refractivity contribution < 1.29 is 14.6 Å². The Morgan fingerprint density at radius 2 is 1.95 bits per heavy atom. The van der Waals surface area contributed by atoms with Gasteiger partial charge in [0.1, 0.15) is 0 Å². The molecule has 0 aromatic carbocycles. The molecule has 19 heavy (non-hydrogen) atoms. The van der Waals surface area contributed by atoms with Crippen molar-refractivity contribution in [2.45, 2.75) is 68.5 Å². The first kappa shape index (κ1) is 13.8. The van der Waals surface area contributed by atoms with Crippen LogP contribution in [-0.4, -0.2) is 48.7 Å². The summed E-state index contributed by atoms with van der Waals surface area (Å²) >= 11 is 0. The highest BCUT2D eigenvalue weighted by Crippen LogP contribution is 2.35. The maximum absolute atomic E-state index is 9.81. The van der Waals surface area contributed by atoms with Crippen LogP contribution in [0, 0.1) is 0 Å². The fourth-order valence-corrected chi connectivity index (χ4v) is 4.02. The van der Waals surface area contributed by atoms with E-state index >= 15 is 0 Å². The van der Waals surface area contributed by atoms with Crippen molar-refractivity contribution in [3.8, 4) is 0 Å². The van der Waals surface area contributed by atoms with Crippen LogP contribution >= 0.6 is 0 Å². The predicted molar refractivity (Wildman–Crippen MR) is 73.2 cm³/mol. The summed E-state index contributed by atoms with van der Waals surface area (Å²) in [7, 11) is 0. The first-order valence-electron chi connectivity index (χ1n) is 7.86. The van der Waals surface area contributed by atoms with Gasteiger partial charge in [-0.25, -0.2) is 0 Å². The molecule has 3 rings (SSSR count). The Hall–Kier alpha value is -0.160. The third-order valence-corrected chi connectivity index (χ3v) is 5.18. The molecule has 2 heterocycles. The third-order valence-electron chi connectivity index (χ3n) is 5.18. The van der Waals surface area contributed by atoms with Gasteiger partial charge in [0.25, 0.3) is 0 Å². The average molecular weight is 269 g/mol. The second kappa shape index (κ2) is 5.68. The van der Waals surface area contributed by atoms with E-state index in [0.717, 1.165) is 51.9 Å². The van der Waals surface area contributed by atoms with Crippen LogP contribution in [0.2, 0.25) is 0 Å². The zero-order valence-corrected chi connectivity index (χ0v) is 11.8. The highest BCUT2D eigenvalue weighted by molar-refractivity contribution is 4.98. The summed E-state index contributed by atoms with van der Waals surface area (Å²) in [6.45, 7) is 2.67. The molecular weight excluding hydrogens is 242 g/mol. The van der Waals surface area contributed by atoms with E-state index in [9.17, 15) is 5.11 Å². The summed E-state index contributed by atoms with van der Waals surface area (Å²) in [4.78, 5) is 0. The fourth-order valence-electron chi connectivity index (χ4n) is 4.02. The van der Waals surface area contributed by atoms with Crippen LogP contribution in [-0.2, 0) is 9.47 Å². The lowest BCUT2D eigenvalue weighted by Gasteiger charge is -2.44. The molecule has 0 radical (unpaired) electrons. The van der Waals surface area contributed by atoms with Gasteiger partial charge in [-0.05, 0) is 25.7 Å². The molecule has 2 N–H and O–H groups in total. The number of hydrogen-bond acceptors (Lipinski definition) is 4. The van der Waals surface area contributed by atoms with E-state index in [1.165, 1.54) is 19.3 Å². The first-order chi connectivity index (χ1) is 9.26. The summed E-state index contributed by atoms with van der Waals surface area (Å²) in [5.74, 6) is 0. The van der Waals surface area contributed by atoms with Crippen molar-refractivity contribution in [1.29, 1.82) is 0 Å². The van der Waals surface area contributed by atoms with Gasteiger partial charge in [-0.15, -0.1) is 0 Å². The molecule has 1 saturated carbocycles. The number of ether oxygens (including phenoxy) is 2. The van der Waals surface area contributed by atoms with Gasteiger partial charge in [0, 0.05) is 31.2 Å². The van der Waals surface area contributed by atoms with E-state index in [1.54, 1.807) is 0 Å². The summed E-state index contributed by atoms with van der Waals surface area (Å²) in [5.41, 5.74) is -0.0673. The van der Waals surface area contributed by atoms with E-state index < -0.39 is 0 Å². The molecule has 2 atom stereocenters. The van der Waals surface area contributed by atoms with E-state index in [-0.39, 0.29) is 17.7 Å². The Labute approximate surface area is 115 Å². The van der Waals surface area contributed by atoms with Gasteiger partial charge >= 0.3 is 0 Å². The number of aliphatic hydroxyl groups is 1. The van der Waals surface area contributed by atoms with Crippen LogP contribution in [0.4, 0.5) is 0 Å². The number of rotatable bonds is 3. The summed E-state index contributed by atoms with van der Waals surface area (Å²) in [6.07, 6.45) is 9.15. The molecule has 4 nitrogen and oxygen atoms in total. The zero-order chi connectivity index (χ0) is 13.2. The normalized spacial score (nSPS) is 38.7. The first-order valence-corrected chi connectivity index (χ1v) is 7.86. The minimum Gasteiger partial charge on any atom is -0.394 e.